The Balaban J connectivity index is 1.47. The number of benzene rings is 2. The molecule has 9 N–H and O–H groups in total. The summed E-state index contributed by atoms with van der Waals surface area (Å²) < 4.78 is 24.6. The first kappa shape index (κ1) is 36.0. The molecule has 6 rings (SSSR count). The van der Waals surface area contributed by atoms with Gasteiger partial charge in [-0.2, -0.15) is 10.1 Å². The van der Waals surface area contributed by atoms with E-state index < -0.39 is 36.3 Å². The fourth-order valence-corrected chi connectivity index (χ4v) is 6.96. The number of fused-ring (bicyclic) bond motifs is 1. The molecule has 1 atom stereocenters. The Morgan fingerprint density at radius 1 is 0.941 bits per heavy atom. The molecule has 5 aromatic rings. The third-order valence-electron chi connectivity index (χ3n) is 8.04. The first-order chi connectivity index (χ1) is 23.7. The highest BCUT2D eigenvalue weighted by atomic mass is 31.2. The number of hydrogen-bond donors (Lipinski definition) is 9. The molecule has 4 heterocycles. The third kappa shape index (κ3) is 6.16. The van der Waals surface area contributed by atoms with Gasteiger partial charge in [0.1, 0.15) is 24.2 Å². The number of morpholine rings is 1. The van der Waals surface area contributed by atoms with Crippen molar-refractivity contribution in [3.63, 3.8) is 0 Å². The molecule has 0 spiro atoms. The van der Waals surface area contributed by atoms with Crippen LogP contribution in [0.25, 0.3) is 22.2 Å². The van der Waals surface area contributed by atoms with Gasteiger partial charge in [0.25, 0.3) is 5.91 Å². The summed E-state index contributed by atoms with van der Waals surface area (Å²) in [5.41, 5.74) is -1.81. The maximum atomic E-state index is 13.5. The number of nitrogens with one attached hydrogen (secondary N) is 2. The zero-order valence-electron chi connectivity index (χ0n) is 27.7. The number of aromatic nitrogens is 6. The monoisotopic (exact) mass is 721 g/mol. The third-order valence-corrected chi connectivity index (χ3v) is 9.57. The van der Waals surface area contributed by atoms with Crippen LogP contribution in [0.2, 0.25) is 0 Å². The van der Waals surface area contributed by atoms with Gasteiger partial charge in [-0.15, -0.1) is 0 Å². The van der Waals surface area contributed by atoms with Crippen LogP contribution in [0.4, 0.5) is 28.8 Å². The highest BCUT2D eigenvalue weighted by Gasteiger charge is 2.72. The fourth-order valence-electron chi connectivity index (χ4n) is 5.57. The summed E-state index contributed by atoms with van der Waals surface area (Å²) in [5.74, 6) is -11.8. The lowest BCUT2D eigenvalue weighted by molar-refractivity contribution is -0.550. The quantitative estimate of drug-likeness (QED) is 0.0552. The summed E-state index contributed by atoms with van der Waals surface area (Å²) >= 11 is 0. The largest absolute Gasteiger partial charge is 0.494 e. The Labute approximate surface area is 290 Å². The van der Waals surface area contributed by atoms with Gasteiger partial charge in [-0.3, -0.25) is 24.3 Å². The molecule has 0 bridgehead atoms. The van der Waals surface area contributed by atoms with Crippen LogP contribution >= 0.6 is 7.14 Å². The smallest absolute Gasteiger partial charge is 0.360 e. The standard InChI is InChI=1S/C30H33BN9O10P/c1-15-12-34-26(38-25(15)36-19-7-6-18-23(33-9-8-32-18)24(19)51(4,5)48)37-20-10-17(16-13-35-39(2)14-16)21(11-22(20)49-3)40-28(42,43)27(31,41)50-30(46,47)29(40,44)45/h6-14,41-47H,1-5H3,(H2,34,36,37,38). The Hall–Kier alpha value is -4.76. The zero-order chi connectivity index (χ0) is 37.3. The summed E-state index contributed by atoms with van der Waals surface area (Å²) in [6.45, 7) is 5.01. The topological polar surface area (TPSA) is 274 Å². The molecule has 2 radical (unpaired) electrons. The van der Waals surface area contributed by atoms with E-state index in [-0.39, 0.29) is 33.4 Å². The van der Waals surface area contributed by atoms with E-state index in [1.165, 1.54) is 42.6 Å². The average Bonchev–Trinajstić information content (AvgIpc) is 3.46. The summed E-state index contributed by atoms with van der Waals surface area (Å²) in [7, 11) is 5.38. The maximum absolute atomic E-state index is 13.5. The number of ether oxygens (including phenoxy) is 2. The second-order valence-corrected chi connectivity index (χ2v) is 15.3. The molecule has 21 heteroatoms. The van der Waals surface area contributed by atoms with Crippen LogP contribution < -0.4 is 25.6 Å². The van der Waals surface area contributed by atoms with Crippen molar-refractivity contribution in [2.45, 2.75) is 30.4 Å². The molecule has 2 aromatic carbocycles. The van der Waals surface area contributed by atoms with Gasteiger partial charge in [0, 0.05) is 54.6 Å². The van der Waals surface area contributed by atoms with E-state index in [0.717, 1.165) is 6.07 Å². The molecule has 1 saturated heterocycles. The SMILES string of the molecule is [B]C1(O)OC(O)(O)C(O)(O)N(c2cc(OC)c(Nc3ncc(C)c(Nc4ccc5nccnc5c4P(C)(C)=O)n3)cc2-c2cnn(C)c2)C1(O)O. The van der Waals surface area contributed by atoms with E-state index >= 15 is 0 Å². The van der Waals surface area contributed by atoms with Crippen LogP contribution in [0.3, 0.4) is 0 Å². The van der Waals surface area contributed by atoms with Crippen molar-refractivity contribution in [2.75, 3.05) is 36.0 Å². The predicted octanol–water partition coefficient (Wildman–Crippen LogP) is -0.561. The maximum Gasteiger partial charge on any atom is 0.360 e. The van der Waals surface area contributed by atoms with Crippen molar-refractivity contribution >= 4 is 60.2 Å². The fraction of sp³-hybridized carbons (Fsp3) is 0.300. The van der Waals surface area contributed by atoms with Crippen molar-refractivity contribution in [2.24, 2.45) is 7.05 Å². The van der Waals surface area contributed by atoms with Gasteiger partial charge in [-0.1, -0.05) is 0 Å². The number of anilines is 5. The van der Waals surface area contributed by atoms with Crippen molar-refractivity contribution in [3.05, 3.63) is 60.8 Å². The van der Waals surface area contributed by atoms with Gasteiger partial charge in [-0.05, 0) is 38.5 Å². The number of methoxy groups -OCH3 is 1. The Morgan fingerprint density at radius 2 is 1.65 bits per heavy atom. The van der Waals surface area contributed by atoms with Crippen LogP contribution in [0.1, 0.15) is 5.56 Å². The van der Waals surface area contributed by atoms with Gasteiger partial charge < -0.3 is 55.7 Å². The molecule has 0 saturated carbocycles. The number of aliphatic hydroxyl groups is 7. The molecule has 3 aromatic heterocycles. The molecule has 19 nitrogen and oxygen atoms in total. The predicted molar refractivity (Wildman–Crippen MR) is 183 cm³/mol. The Bertz CT molecular complexity index is 2180. The molecule has 1 aliphatic heterocycles. The lowest BCUT2D eigenvalue weighted by atomic mass is 9.86. The van der Waals surface area contributed by atoms with E-state index in [9.17, 15) is 40.3 Å². The van der Waals surface area contributed by atoms with Crippen molar-refractivity contribution in [3.8, 4) is 16.9 Å². The van der Waals surface area contributed by atoms with Crippen LogP contribution in [0.5, 0.6) is 5.75 Å². The highest BCUT2D eigenvalue weighted by Crippen LogP contribution is 2.49. The molecule has 0 aliphatic carbocycles. The van der Waals surface area contributed by atoms with Gasteiger partial charge in [0.15, 0.2) is 13.5 Å². The molecule has 1 aliphatic rings. The molecule has 1 unspecified atom stereocenters. The van der Waals surface area contributed by atoms with Crippen molar-refractivity contribution in [1.29, 1.82) is 0 Å². The number of hydrogen-bond acceptors (Lipinski definition) is 18. The minimum atomic E-state index is -4.08. The van der Waals surface area contributed by atoms with Crippen LogP contribution in [-0.2, 0) is 16.3 Å². The van der Waals surface area contributed by atoms with E-state index in [1.807, 2.05) is 0 Å². The van der Waals surface area contributed by atoms with Gasteiger partial charge in [0.05, 0.1) is 41.2 Å². The average molecular weight is 721 g/mol. The van der Waals surface area contributed by atoms with Gasteiger partial charge >= 0.3 is 11.9 Å². The summed E-state index contributed by atoms with van der Waals surface area (Å²) in [5, 5.41) is 85.6. The minimum absolute atomic E-state index is 0.0226. The number of nitrogens with zero attached hydrogens (tertiary/aromatic N) is 7. The van der Waals surface area contributed by atoms with Crippen molar-refractivity contribution in [1.82, 2.24) is 29.7 Å². The zero-order valence-corrected chi connectivity index (χ0v) is 28.6. The number of rotatable bonds is 8. The molecule has 266 valence electrons. The molecule has 1 fully saturated rings. The van der Waals surface area contributed by atoms with E-state index in [2.05, 4.69) is 40.4 Å². The molecule has 51 heavy (non-hydrogen) atoms. The normalized spacial score (nSPS) is 19.6. The summed E-state index contributed by atoms with van der Waals surface area (Å²) in [6, 6.07) is 5.87. The molecular formula is C30H33BN9O10P. The van der Waals surface area contributed by atoms with E-state index in [0.29, 0.717) is 33.4 Å². The van der Waals surface area contributed by atoms with E-state index in [4.69, 9.17) is 12.6 Å². The number of aryl methyl sites for hydroxylation is 2. The van der Waals surface area contributed by atoms with Crippen molar-refractivity contribution < 1.29 is 49.8 Å². The lowest BCUT2D eigenvalue weighted by Gasteiger charge is -2.58. The first-order valence-electron chi connectivity index (χ1n) is 14.9. The van der Waals surface area contributed by atoms with Crippen LogP contribution in [-0.4, -0.2) is 117 Å². The van der Waals surface area contributed by atoms with Crippen LogP contribution in [0, 0.1) is 6.92 Å². The highest BCUT2D eigenvalue weighted by molar-refractivity contribution is 7.71. The Morgan fingerprint density at radius 3 is 2.29 bits per heavy atom. The summed E-state index contributed by atoms with van der Waals surface area (Å²) in [4.78, 5) is 17.5. The Kier molecular flexibility index (Phi) is 8.62. The van der Waals surface area contributed by atoms with Gasteiger partial charge in [0.2, 0.25) is 5.95 Å². The minimum Gasteiger partial charge on any atom is -0.494 e. The van der Waals surface area contributed by atoms with E-state index in [1.54, 1.807) is 45.6 Å². The van der Waals surface area contributed by atoms with Crippen LogP contribution in [0.15, 0.2) is 55.2 Å². The molecular weight excluding hydrogens is 688 g/mol. The molecule has 0 amide bonds. The second kappa shape index (κ2) is 12.2. The second-order valence-electron chi connectivity index (χ2n) is 12.2. The summed E-state index contributed by atoms with van der Waals surface area (Å²) in [6.07, 6.45) is 7.38. The first-order valence-corrected chi connectivity index (χ1v) is 17.5. The lowest BCUT2D eigenvalue weighted by Crippen LogP contribution is -2.85. The van der Waals surface area contributed by atoms with Gasteiger partial charge in [-0.25, -0.2) is 4.98 Å².